The van der Waals surface area contributed by atoms with Crippen molar-refractivity contribution in [2.45, 2.75) is 26.7 Å². The summed E-state index contributed by atoms with van der Waals surface area (Å²) in [5.41, 5.74) is 0. The van der Waals surface area contributed by atoms with Gasteiger partial charge in [0.05, 0.1) is 0 Å². The number of hydrogen-bond donors (Lipinski definition) is 3. The van der Waals surface area contributed by atoms with Crippen LogP contribution in [0, 0.1) is 0 Å². The fourth-order valence-electron chi connectivity index (χ4n) is 3.12. The van der Waals surface area contributed by atoms with Gasteiger partial charge in [-0.25, -0.2) is 0 Å². The Balaban J connectivity index is 0.000000191. The first-order valence-corrected chi connectivity index (χ1v) is 10.5. The van der Waals surface area contributed by atoms with Crippen LogP contribution in [0.2, 0.25) is 0 Å². The minimum absolute atomic E-state index is 1.16. The number of likely N-dealkylation sites (N-methyl/N-ethyl adjacent to an activating group) is 2. The van der Waals surface area contributed by atoms with Crippen LogP contribution in [0.1, 0.15) is 26.7 Å². The van der Waals surface area contributed by atoms with Crippen LogP contribution in [0.4, 0.5) is 0 Å². The van der Waals surface area contributed by atoms with Gasteiger partial charge in [0.15, 0.2) is 0 Å². The first-order chi connectivity index (χ1) is 12.3. The van der Waals surface area contributed by atoms with Crippen molar-refractivity contribution in [1.29, 1.82) is 0 Å². The van der Waals surface area contributed by atoms with Crippen molar-refractivity contribution in [2.24, 2.45) is 0 Å². The van der Waals surface area contributed by atoms with Crippen molar-refractivity contribution >= 4 is 0 Å². The Labute approximate surface area is 156 Å². The van der Waals surface area contributed by atoms with Gasteiger partial charge in [0.1, 0.15) is 0 Å². The van der Waals surface area contributed by atoms with Crippen molar-refractivity contribution < 1.29 is 0 Å². The minimum atomic E-state index is 1.16. The van der Waals surface area contributed by atoms with Gasteiger partial charge in [0.25, 0.3) is 0 Å². The van der Waals surface area contributed by atoms with E-state index in [1.54, 1.807) is 0 Å². The summed E-state index contributed by atoms with van der Waals surface area (Å²) in [5, 5.41) is 9.93. The van der Waals surface area contributed by atoms with Gasteiger partial charge in [-0.2, -0.15) is 0 Å². The standard InChI is InChI=1S/C8H18N2.C6H14N2.C5H12N2/c1-2-3-6-10-7-4-9-5-8-10;1-2-8-5-3-7-4-6-8;1-7-4-2-6-3-5-7/h9H,2-8H2,1H3;7H,2-6H2,1H3;6H,2-5H2,1H3. The molecule has 3 aliphatic heterocycles. The number of rotatable bonds is 4. The molecule has 25 heavy (non-hydrogen) atoms. The van der Waals surface area contributed by atoms with Gasteiger partial charge in [-0.3, -0.25) is 0 Å². The lowest BCUT2D eigenvalue weighted by molar-refractivity contribution is 0.238. The van der Waals surface area contributed by atoms with E-state index in [1.807, 2.05) is 0 Å². The summed E-state index contributed by atoms with van der Waals surface area (Å²) < 4.78 is 0. The smallest absolute Gasteiger partial charge is 0.0107 e. The zero-order chi connectivity index (χ0) is 18.2. The molecule has 150 valence electrons. The molecule has 0 aromatic rings. The Morgan fingerprint density at radius 3 is 1.40 bits per heavy atom. The first kappa shape index (κ1) is 22.8. The second kappa shape index (κ2) is 16.0. The van der Waals surface area contributed by atoms with Gasteiger partial charge in [-0.1, -0.05) is 20.3 Å². The quantitative estimate of drug-likeness (QED) is 0.665. The second-order valence-electron chi connectivity index (χ2n) is 7.18. The average molecular weight is 357 g/mol. The van der Waals surface area contributed by atoms with E-state index in [9.17, 15) is 0 Å². The molecule has 0 saturated carbocycles. The highest BCUT2D eigenvalue weighted by atomic mass is 15.2. The lowest BCUT2D eigenvalue weighted by Gasteiger charge is -2.26. The molecule has 3 N–H and O–H groups in total. The van der Waals surface area contributed by atoms with Crippen LogP contribution in [0.5, 0.6) is 0 Å². The van der Waals surface area contributed by atoms with Crippen LogP contribution < -0.4 is 16.0 Å². The van der Waals surface area contributed by atoms with E-state index in [1.165, 1.54) is 91.4 Å². The molecule has 3 rings (SSSR count). The van der Waals surface area contributed by atoms with Crippen LogP contribution >= 0.6 is 0 Å². The van der Waals surface area contributed by atoms with E-state index in [4.69, 9.17) is 0 Å². The highest BCUT2D eigenvalue weighted by Crippen LogP contribution is 1.95. The lowest BCUT2D eigenvalue weighted by atomic mass is 10.3. The lowest BCUT2D eigenvalue weighted by Crippen LogP contribution is -2.43. The monoisotopic (exact) mass is 356 g/mol. The van der Waals surface area contributed by atoms with Crippen molar-refractivity contribution in [3.63, 3.8) is 0 Å². The Kier molecular flexibility index (Phi) is 14.6. The third-order valence-electron chi connectivity index (χ3n) is 5.03. The van der Waals surface area contributed by atoms with Gasteiger partial charge < -0.3 is 30.7 Å². The Hall–Kier alpha value is -0.240. The summed E-state index contributed by atoms with van der Waals surface area (Å²) in [6.45, 7) is 21.4. The zero-order valence-corrected chi connectivity index (χ0v) is 17.2. The van der Waals surface area contributed by atoms with Gasteiger partial charge in [0, 0.05) is 78.5 Å². The van der Waals surface area contributed by atoms with Gasteiger partial charge in [0.2, 0.25) is 0 Å². The molecule has 0 atom stereocenters. The predicted octanol–water partition coefficient (Wildman–Crippen LogP) is 0.125. The maximum atomic E-state index is 3.35. The number of nitrogens with zero attached hydrogens (tertiary/aromatic N) is 3. The van der Waals surface area contributed by atoms with E-state index >= 15 is 0 Å². The van der Waals surface area contributed by atoms with Crippen molar-refractivity contribution in [1.82, 2.24) is 30.7 Å². The molecule has 3 aliphatic rings. The molecule has 3 saturated heterocycles. The van der Waals surface area contributed by atoms with Crippen LogP contribution in [0.3, 0.4) is 0 Å². The summed E-state index contributed by atoms with van der Waals surface area (Å²) in [6, 6.07) is 0. The zero-order valence-electron chi connectivity index (χ0n) is 17.2. The number of hydrogen-bond acceptors (Lipinski definition) is 6. The third kappa shape index (κ3) is 12.7. The topological polar surface area (TPSA) is 45.8 Å². The molecule has 3 fully saturated rings. The van der Waals surface area contributed by atoms with Gasteiger partial charge >= 0.3 is 0 Å². The van der Waals surface area contributed by atoms with Crippen LogP contribution in [-0.4, -0.2) is 113 Å². The fraction of sp³-hybridized carbons (Fsp3) is 1.00. The molecule has 3 heterocycles. The number of piperazine rings is 3. The first-order valence-electron chi connectivity index (χ1n) is 10.5. The van der Waals surface area contributed by atoms with Gasteiger partial charge in [-0.15, -0.1) is 0 Å². The normalized spacial score (nSPS) is 23.2. The number of nitrogens with one attached hydrogen (secondary N) is 3. The summed E-state index contributed by atoms with van der Waals surface area (Å²) in [4.78, 5) is 7.33. The molecule has 0 aromatic heterocycles. The molecule has 0 aliphatic carbocycles. The Morgan fingerprint density at radius 1 is 0.640 bits per heavy atom. The molecular formula is C19H44N6. The van der Waals surface area contributed by atoms with Crippen molar-refractivity contribution in [3.8, 4) is 0 Å². The molecule has 0 spiro atoms. The SMILES string of the molecule is CCCCN1CCNCC1.CCN1CCNCC1.CN1CCNCC1. The van der Waals surface area contributed by atoms with Crippen molar-refractivity contribution in [2.75, 3.05) is 98.7 Å². The highest BCUT2D eigenvalue weighted by Gasteiger charge is 2.07. The molecule has 0 unspecified atom stereocenters. The highest BCUT2D eigenvalue weighted by molar-refractivity contribution is 4.67. The molecular weight excluding hydrogens is 312 g/mol. The third-order valence-corrected chi connectivity index (χ3v) is 5.03. The summed E-state index contributed by atoms with van der Waals surface area (Å²) in [6.07, 6.45) is 2.68. The van der Waals surface area contributed by atoms with E-state index in [2.05, 4.69) is 51.5 Å². The van der Waals surface area contributed by atoms with E-state index < -0.39 is 0 Å². The maximum absolute atomic E-state index is 3.35. The molecule has 0 amide bonds. The minimum Gasteiger partial charge on any atom is -0.314 e. The summed E-state index contributed by atoms with van der Waals surface area (Å²) >= 11 is 0. The molecule has 0 aromatic carbocycles. The summed E-state index contributed by atoms with van der Waals surface area (Å²) in [7, 11) is 2.15. The Bertz CT molecular complexity index is 271. The maximum Gasteiger partial charge on any atom is 0.0107 e. The average Bonchev–Trinajstić information content (AvgIpc) is 2.69. The number of unbranched alkanes of at least 4 members (excludes halogenated alkanes) is 1. The van der Waals surface area contributed by atoms with Gasteiger partial charge in [-0.05, 0) is 26.6 Å². The second-order valence-corrected chi connectivity index (χ2v) is 7.18. The Morgan fingerprint density at radius 2 is 1.08 bits per heavy atom. The van der Waals surface area contributed by atoms with Crippen LogP contribution in [-0.2, 0) is 0 Å². The fourth-order valence-corrected chi connectivity index (χ4v) is 3.12. The largest absolute Gasteiger partial charge is 0.314 e. The van der Waals surface area contributed by atoms with Crippen LogP contribution in [0.15, 0.2) is 0 Å². The van der Waals surface area contributed by atoms with Crippen molar-refractivity contribution in [3.05, 3.63) is 0 Å². The van der Waals surface area contributed by atoms with Crippen LogP contribution in [0.25, 0.3) is 0 Å². The van der Waals surface area contributed by atoms with E-state index in [0.717, 1.165) is 13.1 Å². The predicted molar refractivity (Wildman–Crippen MR) is 110 cm³/mol. The summed E-state index contributed by atoms with van der Waals surface area (Å²) in [5.74, 6) is 0. The molecule has 0 bridgehead atoms. The molecule has 6 nitrogen and oxygen atoms in total. The van der Waals surface area contributed by atoms with E-state index in [-0.39, 0.29) is 0 Å². The molecule has 0 radical (unpaired) electrons. The van der Waals surface area contributed by atoms with E-state index in [0.29, 0.717) is 0 Å². The molecule has 6 heteroatoms.